The number of aliphatic carboxylic acids is 1. The molecule has 0 radical (unpaired) electrons. The van der Waals surface area contributed by atoms with E-state index < -0.39 is 23.9 Å². The number of primary amides is 1. The molecule has 0 aromatic heterocycles. The summed E-state index contributed by atoms with van der Waals surface area (Å²) in [5.74, 6) is -1.75. The largest absolute Gasteiger partial charge is 0.480 e. The van der Waals surface area contributed by atoms with Crippen LogP contribution in [0.15, 0.2) is 0 Å². The summed E-state index contributed by atoms with van der Waals surface area (Å²) >= 11 is 0. The number of amides is 3. The molecule has 0 heterocycles. The molecule has 0 aliphatic rings. The normalized spacial score (nSPS) is 11.6. The first-order valence-corrected chi connectivity index (χ1v) is 4.91. The third-order valence-electron chi connectivity index (χ3n) is 1.91. The molecule has 0 saturated heterocycles. The third-order valence-corrected chi connectivity index (χ3v) is 1.91. The summed E-state index contributed by atoms with van der Waals surface area (Å²) in [5, 5.41) is 11.1. The average molecular weight is 231 g/mol. The molecule has 0 aliphatic carbocycles. The lowest BCUT2D eigenvalue weighted by atomic mass is 10.2. The zero-order valence-electron chi connectivity index (χ0n) is 9.40. The summed E-state index contributed by atoms with van der Waals surface area (Å²) in [4.78, 5) is 33.7. The van der Waals surface area contributed by atoms with Gasteiger partial charge in [0.05, 0.1) is 0 Å². The van der Waals surface area contributed by atoms with Crippen molar-refractivity contribution in [3.63, 3.8) is 0 Å². The maximum absolute atomic E-state index is 11.4. The number of nitrogens with two attached hydrogens (primary N) is 1. The van der Waals surface area contributed by atoms with Crippen LogP contribution in [-0.4, -0.2) is 47.5 Å². The van der Waals surface area contributed by atoms with Crippen LogP contribution in [-0.2, 0) is 9.59 Å². The van der Waals surface area contributed by atoms with Gasteiger partial charge in [-0.2, -0.15) is 0 Å². The van der Waals surface area contributed by atoms with Crippen molar-refractivity contribution >= 4 is 17.9 Å². The second-order valence-electron chi connectivity index (χ2n) is 3.45. The number of urea groups is 1. The Bertz CT molecular complexity index is 280. The van der Waals surface area contributed by atoms with Crippen LogP contribution in [0.4, 0.5) is 4.79 Å². The predicted molar refractivity (Wildman–Crippen MR) is 56.7 cm³/mol. The lowest BCUT2D eigenvalue weighted by molar-refractivity contribution is -0.139. The van der Waals surface area contributed by atoms with Gasteiger partial charge < -0.3 is 21.1 Å². The fraction of sp³-hybridized carbons (Fsp3) is 0.667. The second kappa shape index (κ2) is 6.65. The topological polar surface area (TPSA) is 113 Å². The third kappa shape index (κ3) is 5.18. The molecule has 7 nitrogen and oxygen atoms in total. The predicted octanol–water partition coefficient (Wildman–Crippen LogP) is -0.634. The summed E-state index contributed by atoms with van der Waals surface area (Å²) in [7, 11) is 1.37. The van der Waals surface area contributed by atoms with Gasteiger partial charge in [0.25, 0.3) is 0 Å². The molecule has 3 amide bonds. The first-order chi connectivity index (χ1) is 7.38. The quantitative estimate of drug-likeness (QED) is 0.564. The van der Waals surface area contributed by atoms with Gasteiger partial charge in [-0.1, -0.05) is 13.3 Å². The number of hydrogen-bond donors (Lipinski definition) is 3. The minimum Gasteiger partial charge on any atom is -0.480 e. The van der Waals surface area contributed by atoms with Gasteiger partial charge in [0.15, 0.2) is 0 Å². The molecule has 0 saturated carbocycles. The van der Waals surface area contributed by atoms with Gasteiger partial charge in [0, 0.05) is 7.05 Å². The zero-order valence-corrected chi connectivity index (χ0v) is 9.40. The van der Waals surface area contributed by atoms with Crippen molar-refractivity contribution in [2.75, 3.05) is 13.6 Å². The minimum atomic E-state index is -1.09. The number of rotatable bonds is 6. The fourth-order valence-corrected chi connectivity index (χ4v) is 1.11. The van der Waals surface area contributed by atoms with Gasteiger partial charge in [0.1, 0.15) is 12.6 Å². The van der Waals surface area contributed by atoms with E-state index in [0.717, 1.165) is 4.90 Å². The van der Waals surface area contributed by atoms with E-state index in [2.05, 4.69) is 5.32 Å². The fourth-order valence-electron chi connectivity index (χ4n) is 1.11. The highest BCUT2D eigenvalue weighted by molar-refractivity contribution is 5.85. The maximum atomic E-state index is 11.4. The maximum Gasteiger partial charge on any atom is 0.326 e. The smallest absolute Gasteiger partial charge is 0.326 e. The number of carboxylic acids is 1. The van der Waals surface area contributed by atoms with Crippen LogP contribution in [0.5, 0.6) is 0 Å². The van der Waals surface area contributed by atoms with Crippen molar-refractivity contribution in [1.29, 1.82) is 0 Å². The number of nitrogens with zero attached hydrogens (tertiary/aromatic N) is 1. The molecule has 0 aromatic rings. The van der Waals surface area contributed by atoms with Crippen molar-refractivity contribution in [3.8, 4) is 0 Å². The van der Waals surface area contributed by atoms with E-state index in [1.165, 1.54) is 7.05 Å². The Morgan fingerprint density at radius 2 is 2.00 bits per heavy atom. The van der Waals surface area contributed by atoms with E-state index in [9.17, 15) is 14.4 Å². The Balaban J connectivity index is 4.28. The van der Waals surface area contributed by atoms with Crippen LogP contribution in [0.25, 0.3) is 0 Å². The second-order valence-corrected chi connectivity index (χ2v) is 3.45. The first-order valence-electron chi connectivity index (χ1n) is 4.91. The molecule has 0 aromatic carbocycles. The molecule has 92 valence electrons. The van der Waals surface area contributed by atoms with E-state index in [1.807, 2.05) is 6.92 Å². The van der Waals surface area contributed by atoms with Crippen LogP contribution in [0.2, 0.25) is 0 Å². The van der Waals surface area contributed by atoms with Crippen LogP contribution < -0.4 is 11.1 Å². The molecule has 1 atom stereocenters. The molecular weight excluding hydrogens is 214 g/mol. The Morgan fingerprint density at radius 1 is 1.44 bits per heavy atom. The number of hydrogen-bond acceptors (Lipinski definition) is 3. The molecular formula is C9H17N3O4. The Hall–Kier alpha value is -1.79. The summed E-state index contributed by atoms with van der Waals surface area (Å²) in [6, 6.07) is -1.56. The van der Waals surface area contributed by atoms with Crippen LogP contribution in [0, 0.1) is 0 Å². The van der Waals surface area contributed by atoms with E-state index in [-0.39, 0.29) is 6.54 Å². The van der Waals surface area contributed by atoms with Crippen LogP contribution in [0.1, 0.15) is 19.8 Å². The average Bonchev–Trinajstić information content (AvgIpc) is 2.15. The number of carbonyl (C=O) groups is 3. The first kappa shape index (κ1) is 14.2. The monoisotopic (exact) mass is 231 g/mol. The van der Waals surface area contributed by atoms with Gasteiger partial charge in [0.2, 0.25) is 5.91 Å². The van der Waals surface area contributed by atoms with E-state index >= 15 is 0 Å². The molecule has 4 N–H and O–H groups in total. The van der Waals surface area contributed by atoms with Gasteiger partial charge in [-0.05, 0) is 6.42 Å². The van der Waals surface area contributed by atoms with E-state index in [0.29, 0.717) is 12.8 Å². The highest BCUT2D eigenvalue weighted by Crippen LogP contribution is 1.98. The van der Waals surface area contributed by atoms with E-state index in [4.69, 9.17) is 10.8 Å². The van der Waals surface area contributed by atoms with E-state index in [1.54, 1.807) is 0 Å². The molecule has 0 unspecified atom stereocenters. The number of carbonyl (C=O) groups excluding carboxylic acids is 2. The van der Waals surface area contributed by atoms with Crippen molar-refractivity contribution in [3.05, 3.63) is 0 Å². The van der Waals surface area contributed by atoms with Crippen molar-refractivity contribution in [1.82, 2.24) is 10.2 Å². The molecule has 0 bridgehead atoms. The Labute approximate surface area is 93.6 Å². The van der Waals surface area contributed by atoms with Gasteiger partial charge in [-0.3, -0.25) is 4.79 Å². The van der Waals surface area contributed by atoms with Crippen LogP contribution in [0.3, 0.4) is 0 Å². The summed E-state index contributed by atoms with van der Waals surface area (Å²) in [5.41, 5.74) is 4.90. The molecule has 7 heteroatoms. The summed E-state index contributed by atoms with van der Waals surface area (Å²) < 4.78 is 0. The van der Waals surface area contributed by atoms with Gasteiger partial charge in [-0.15, -0.1) is 0 Å². The van der Waals surface area contributed by atoms with Crippen molar-refractivity contribution in [2.45, 2.75) is 25.8 Å². The number of carboxylic acid groups (broad SMARTS) is 1. The Morgan fingerprint density at radius 3 is 2.38 bits per heavy atom. The summed E-state index contributed by atoms with van der Waals surface area (Å²) in [6.45, 7) is 1.57. The lowest BCUT2D eigenvalue weighted by Crippen LogP contribution is -2.48. The number of likely N-dealkylation sites (N-methyl/N-ethyl adjacent to an activating group) is 1. The molecule has 0 aliphatic heterocycles. The lowest BCUT2D eigenvalue weighted by Gasteiger charge is -2.19. The standard InChI is InChI=1S/C9H17N3O4/c1-3-4-6(8(14)15)11-9(16)12(2)5-7(10)13/h6H,3-5H2,1-2H3,(H2,10,13)(H,11,16)(H,14,15)/t6-/m0/s1. The SMILES string of the molecule is CCC[C@H](NC(=O)N(C)CC(N)=O)C(=O)O. The van der Waals surface area contributed by atoms with Crippen molar-refractivity contribution < 1.29 is 19.5 Å². The molecule has 0 spiro atoms. The molecule has 0 fully saturated rings. The van der Waals surface area contributed by atoms with Crippen LogP contribution >= 0.6 is 0 Å². The zero-order chi connectivity index (χ0) is 12.7. The Kier molecular flexibility index (Phi) is 5.91. The minimum absolute atomic E-state index is 0.246. The summed E-state index contributed by atoms with van der Waals surface area (Å²) in [6.07, 6.45) is 0.974. The van der Waals surface area contributed by atoms with Gasteiger partial charge in [-0.25, -0.2) is 9.59 Å². The highest BCUT2D eigenvalue weighted by Gasteiger charge is 2.21. The van der Waals surface area contributed by atoms with Gasteiger partial charge >= 0.3 is 12.0 Å². The van der Waals surface area contributed by atoms with Crippen molar-refractivity contribution in [2.24, 2.45) is 5.73 Å². The molecule has 16 heavy (non-hydrogen) atoms. The molecule has 0 rings (SSSR count). The highest BCUT2D eigenvalue weighted by atomic mass is 16.4. The number of nitrogens with one attached hydrogen (secondary N) is 1.